The zero-order valence-electron chi connectivity index (χ0n) is 19.9. The number of halogens is 3. The van der Waals surface area contributed by atoms with E-state index >= 15 is 0 Å². The van der Waals surface area contributed by atoms with Gasteiger partial charge in [-0.2, -0.15) is 13.2 Å². The lowest BCUT2D eigenvalue weighted by atomic mass is 9.53. The molecule has 1 saturated heterocycles. The maximum Gasteiger partial charge on any atom is 0.416 e. The second-order valence-electron chi connectivity index (χ2n) is 11.5. The summed E-state index contributed by atoms with van der Waals surface area (Å²) in [6.45, 7) is 1.89. The predicted octanol–water partition coefficient (Wildman–Crippen LogP) is 5.97. The predicted molar refractivity (Wildman–Crippen MR) is 133 cm³/mol. The van der Waals surface area contributed by atoms with E-state index in [9.17, 15) is 13.2 Å². The molecule has 2 heterocycles. The Morgan fingerprint density at radius 1 is 1.03 bits per heavy atom. The highest BCUT2D eigenvalue weighted by Crippen LogP contribution is 2.55. The topological polar surface area (TPSA) is 33.1 Å². The van der Waals surface area contributed by atoms with Gasteiger partial charge in [0.1, 0.15) is 5.82 Å². The molecule has 5 fully saturated rings. The molecule has 0 amide bonds. The fourth-order valence-electron chi connectivity index (χ4n) is 7.84. The van der Waals surface area contributed by atoms with E-state index in [1.165, 1.54) is 44.6 Å². The van der Waals surface area contributed by atoms with Crippen LogP contribution in [0.3, 0.4) is 0 Å². The number of aromatic nitrogens is 2. The summed E-state index contributed by atoms with van der Waals surface area (Å²) in [7, 11) is 0. The second kappa shape index (κ2) is 8.79. The molecule has 35 heavy (non-hydrogen) atoms. The van der Waals surface area contributed by atoms with Crippen molar-refractivity contribution in [3.05, 3.63) is 53.6 Å². The molecule has 0 unspecified atom stereocenters. The van der Waals surface area contributed by atoms with Crippen molar-refractivity contribution in [3.63, 3.8) is 0 Å². The number of thiocarbonyl (C=S) groups is 1. The normalized spacial score (nSPS) is 30.6. The minimum atomic E-state index is -4.36. The lowest BCUT2D eigenvalue weighted by Gasteiger charge is -2.57. The van der Waals surface area contributed by atoms with E-state index in [4.69, 9.17) is 12.2 Å². The van der Waals surface area contributed by atoms with Crippen LogP contribution in [0, 0.1) is 17.8 Å². The summed E-state index contributed by atoms with van der Waals surface area (Å²) in [5.41, 5.74) is -0.0849. The molecule has 0 radical (unpaired) electrons. The van der Waals surface area contributed by atoms with Gasteiger partial charge in [0.25, 0.3) is 0 Å². The van der Waals surface area contributed by atoms with E-state index in [2.05, 4.69) is 15.2 Å². The van der Waals surface area contributed by atoms with Gasteiger partial charge < -0.3 is 14.8 Å². The molecule has 4 saturated carbocycles. The van der Waals surface area contributed by atoms with Crippen LogP contribution in [0.1, 0.15) is 74.2 Å². The monoisotopic (exact) mass is 502 g/mol. The summed E-state index contributed by atoms with van der Waals surface area (Å²) < 4.78 is 42.3. The standard InChI is InChI=1S/C27H33F3N4S/c28-27(29,30)23-4-2-1-3-22(23)17-34-10-7-31-24(34)21-5-8-33(9-6-21)25(35)32-26-14-18-11-19(15-26)13-20(12-18)16-26/h1-4,7,10,18-21H,5-6,8-9,11-17H2,(H,32,35). The van der Waals surface area contributed by atoms with E-state index in [0.29, 0.717) is 0 Å². The van der Waals surface area contributed by atoms with Crippen LogP contribution in [-0.2, 0) is 12.7 Å². The lowest BCUT2D eigenvalue weighted by molar-refractivity contribution is -0.138. The Balaban J connectivity index is 1.09. The molecule has 4 bridgehead atoms. The molecule has 0 atom stereocenters. The third kappa shape index (κ3) is 4.58. The van der Waals surface area contributed by atoms with Crippen molar-refractivity contribution in [1.29, 1.82) is 0 Å². The molecule has 7 rings (SSSR count). The van der Waals surface area contributed by atoms with Gasteiger partial charge in [0.15, 0.2) is 5.11 Å². The van der Waals surface area contributed by atoms with Gasteiger partial charge in [-0.3, -0.25) is 0 Å². The summed E-state index contributed by atoms with van der Waals surface area (Å²) in [4.78, 5) is 6.86. The Hall–Kier alpha value is -2.09. The Labute approximate surface area is 210 Å². The molecular formula is C27H33F3N4S. The van der Waals surface area contributed by atoms with Gasteiger partial charge in [0.2, 0.25) is 0 Å². The molecule has 8 heteroatoms. The average molecular weight is 503 g/mol. The zero-order chi connectivity index (χ0) is 24.2. The number of benzene rings is 1. The number of piperidine rings is 1. The van der Waals surface area contributed by atoms with E-state index in [1.807, 2.05) is 4.57 Å². The average Bonchev–Trinajstić information content (AvgIpc) is 3.26. The number of likely N-dealkylation sites (tertiary alicyclic amines) is 1. The van der Waals surface area contributed by atoms with Crippen LogP contribution < -0.4 is 5.32 Å². The molecule has 4 aliphatic carbocycles. The SMILES string of the molecule is FC(F)(F)c1ccccc1Cn1ccnc1C1CCN(C(=S)NC23CC4CC(CC(C4)C2)C3)CC1. The van der Waals surface area contributed by atoms with Crippen molar-refractivity contribution in [2.24, 2.45) is 17.8 Å². The number of hydrogen-bond donors (Lipinski definition) is 1. The third-order valence-electron chi connectivity index (χ3n) is 8.97. The number of alkyl halides is 3. The zero-order valence-corrected chi connectivity index (χ0v) is 20.8. The molecule has 0 spiro atoms. The second-order valence-corrected chi connectivity index (χ2v) is 11.8. The summed E-state index contributed by atoms with van der Waals surface area (Å²) >= 11 is 5.90. The van der Waals surface area contributed by atoms with Crippen LogP contribution >= 0.6 is 12.2 Å². The van der Waals surface area contributed by atoms with Crippen molar-refractivity contribution in [3.8, 4) is 0 Å². The van der Waals surface area contributed by atoms with Crippen molar-refractivity contribution in [2.75, 3.05) is 13.1 Å². The van der Waals surface area contributed by atoms with Gasteiger partial charge in [0.05, 0.1) is 5.56 Å². The number of rotatable bonds is 4. The maximum atomic E-state index is 13.5. The van der Waals surface area contributed by atoms with Crippen LogP contribution in [0.2, 0.25) is 0 Å². The summed E-state index contributed by atoms with van der Waals surface area (Å²) in [6, 6.07) is 5.82. The van der Waals surface area contributed by atoms with Crippen molar-refractivity contribution < 1.29 is 13.2 Å². The molecule has 1 aromatic carbocycles. The highest BCUT2D eigenvalue weighted by molar-refractivity contribution is 7.80. The smallest absolute Gasteiger partial charge is 0.357 e. The van der Waals surface area contributed by atoms with Crippen LogP contribution in [0.5, 0.6) is 0 Å². The summed E-state index contributed by atoms with van der Waals surface area (Å²) in [5.74, 6) is 3.74. The Morgan fingerprint density at radius 2 is 1.66 bits per heavy atom. The third-order valence-corrected chi connectivity index (χ3v) is 9.33. The van der Waals surface area contributed by atoms with Gasteiger partial charge in [-0.05, 0) is 93.0 Å². The first-order valence-corrected chi connectivity index (χ1v) is 13.4. The molecule has 2 aromatic rings. The molecule has 4 nitrogen and oxygen atoms in total. The van der Waals surface area contributed by atoms with Crippen molar-refractivity contribution in [2.45, 2.75) is 75.5 Å². The maximum absolute atomic E-state index is 13.5. The fraction of sp³-hybridized carbons (Fsp3) is 0.630. The largest absolute Gasteiger partial charge is 0.416 e. The summed E-state index contributed by atoms with van der Waals surface area (Å²) in [5, 5.41) is 4.73. The number of hydrogen-bond acceptors (Lipinski definition) is 2. The van der Waals surface area contributed by atoms with E-state index < -0.39 is 11.7 Å². The quantitative estimate of drug-likeness (QED) is 0.522. The van der Waals surface area contributed by atoms with E-state index in [1.54, 1.807) is 24.5 Å². The van der Waals surface area contributed by atoms with Gasteiger partial charge >= 0.3 is 6.18 Å². The molecule has 1 aromatic heterocycles. The number of nitrogens with one attached hydrogen (secondary N) is 1. The van der Waals surface area contributed by atoms with Crippen LogP contribution in [0.4, 0.5) is 13.2 Å². The molecule has 1 N–H and O–H groups in total. The van der Waals surface area contributed by atoms with Gasteiger partial charge in [0, 0.05) is 43.5 Å². The molecule has 1 aliphatic heterocycles. The van der Waals surface area contributed by atoms with Crippen molar-refractivity contribution in [1.82, 2.24) is 19.8 Å². The highest BCUT2D eigenvalue weighted by atomic mass is 32.1. The van der Waals surface area contributed by atoms with Crippen molar-refractivity contribution >= 4 is 17.3 Å². The lowest BCUT2D eigenvalue weighted by Crippen LogP contribution is -2.62. The number of imidazole rings is 1. The fourth-order valence-corrected chi connectivity index (χ4v) is 8.24. The minimum absolute atomic E-state index is 0.178. The van der Waals surface area contributed by atoms with E-state index in [-0.39, 0.29) is 23.6 Å². The Kier molecular flexibility index (Phi) is 5.85. The van der Waals surface area contributed by atoms with Gasteiger partial charge in [-0.25, -0.2) is 4.98 Å². The minimum Gasteiger partial charge on any atom is -0.357 e. The molecule has 188 valence electrons. The highest BCUT2D eigenvalue weighted by Gasteiger charge is 2.51. The number of nitrogens with zero attached hydrogens (tertiary/aromatic N) is 3. The van der Waals surface area contributed by atoms with E-state index in [0.717, 1.165) is 60.7 Å². The van der Waals surface area contributed by atoms with Gasteiger partial charge in [-0.1, -0.05) is 18.2 Å². The van der Waals surface area contributed by atoms with Crippen LogP contribution in [-0.4, -0.2) is 38.2 Å². The molecular weight excluding hydrogens is 469 g/mol. The van der Waals surface area contributed by atoms with Crippen LogP contribution in [0.15, 0.2) is 36.7 Å². The molecule has 5 aliphatic rings. The van der Waals surface area contributed by atoms with Crippen LogP contribution in [0.25, 0.3) is 0 Å². The Bertz CT molecular complexity index is 1050. The first kappa shape index (κ1) is 23.3. The van der Waals surface area contributed by atoms with Gasteiger partial charge in [-0.15, -0.1) is 0 Å². The Morgan fingerprint density at radius 3 is 2.29 bits per heavy atom. The first-order valence-electron chi connectivity index (χ1n) is 13.0. The first-order chi connectivity index (χ1) is 16.8. The summed E-state index contributed by atoms with van der Waals surface area (Å²) in [6.07, 6.45) is 9.01.